The average Bonchev–Trinajstić information content (AvgIpc) is 2.66. The van der Waals surface area contributed by atoms with Gasteiger partial charge >= 0.3 is 0 Å². The van der Waals surface area contributed by atoms with Crippen LogP contribution in [0, 0.1) is 0 Å². The lowest BCUT2D eigenvalue weighted by molar-refractivity contribution is -0.0172. The second-order valence-electron chi connectivity index (χ2n) is 5.47. The van der Waals surface area contributed by atoms with Crippen molar-refractivity contribution in [2.45, 2.75) is 25.7 Å². The molecule has 0 saturated carbocycles. The Morgan fingerprint density at radius 3 is 1.15 bits per heavy atom. The van der Waals surface area contributed by atoms with E-state index in [2.05, 4.69) is 22.6 Å². The van der Waals surface area contributed by atoms with Crippen LogP contribution >= 0.6 is 22.6 Å². The van der Waals surface area contributed by atoms with Gasteiger partial charge in [0.1, 0.15) is 6.67 Å². The fourth-order valence-electron chi connectivity index (χ4n) is 1.91. The van der Waals surface area contributed by atoms with Gasteiger partial charge in [0.05, 0.1) is 72.7 Å². The van der Waals surface area contributed by atoms with Gasteiger partial charge in [-0.2, -0.15) is 0 Å². The topological polar surface area (TPSA) is 55.4 Å². The maximum atomic E-state index is 11.7. The minimum absolute atomic E-state index is 0.132. The molecule has 0 amide bonds. The predicted octanol–water partition coefficient (Wildman–Crippen LogP) is 3.05. The molecule has 0 atom stereocenters. The van der Waals surface area contributed by atoms with Gasteiger partial charge in [0.15, 0.2) is 0 Å². The number of alkyl halides is 2. The highest BCUT2D eigenvalue weighted by Gasteiger charge is 1.94. The van der Waals surface area contributed by atoms with Crippen molar-refractivity contribution in [3.63, 3.8) is 0 Å². The maximum Gasteiger partial charge on any atom is 0.113 e. The van der Waals surface area contributed by atoms with Crippen LogP contribution in [0.3, 0.4) is 0 Å². The summed E-state index contributed by atoms with van der Waals surface area (Å²) in [6.07, 6.45) is 4.99. The number of halogens is 2. The highest BCUT2D eigenvalue weighted by Crippen LogP contribution is 2.02. The quantitative estimate of drug-likeness (QED) is 0.124. The summed E-state index contributed by atoms with van der Waals surface area (Å²) in [6.45, 7) is 5.84. The fraction of sp³-hybridized carbons (Fsp3) is 1.00. The van der Waals surface area contributed by atoms with E-state index in [-0.39, 0.29) is 6.61 Å². The van der Waals surface area contributed by atoms with E-state index in [1.807, 2.05) is 0 Å². The van der Waals surface area contributed by atoms with E-state index in [0.29, 0.717) is 66.1 Å². The van der Waals surface area contributed by atoms with E-state index in [1.54, 1.807) is 0 Å². The van der Waals surface area contributed by atoms with Gasteiger partial charge in [-0.25, -0.2) is 4.39 Å². The van der Waals surface area contributed by atoms with Crippen molar-refractivity contribution in [1.82, 2.24) is 0 Å². The summed E-state index contributed by atoms with van der Waals surface area (Å²) < 4.78 is 44.9. The first-order valence-electron chi connectivity index (χ1n) is 9.50. The molecule has 0 rings (SSSR count). The minimum Gasteiger partial charge on any atom is -0.379 e. The molecule has 0 spiro atoms. The molecular formula is C18H36FIO6. The predicted molar refractivity (Wildman–Crippen MR) is 108 cm³/mol. The molecule has 26 heavy (non-hydrogen) atoms. The molecule has 0 aromatic heterocycles. The third-order valence-electron chi connectivity index (χ3n) is 3.25. The molecule has 0 bridgehead atoms. The van der Waals surface area contributed by atoms with Crippen molar-refractivity contribution >= 4 is 22.6 Å². The Bertz CT molecular complexity index is 228. The van der Waals surface area contributed by atoms with Gasteiger partial charge in [-0.15, -0.1) is 0 Å². The van der Waals surface area contributed by atoms with Gasteiger partial charge in [-0.1, -0.05) is 35.4 Å². The van der Waals surface area contributed by atoms with Crippen molar-refractivity contribution in [3.05, 3.63) is 0 Å². The molecule has 158 valence electrons. The third kappa shape index (κ3) is 24.4. The molecule has 8 heteroatoms. The van der Waals surface area contributed by atoms with Gasteiger partial charge in [0, 0.05) is 6.61 Å². The Balaban J connectivity index is 2.95. The zero-order chi connectivity index (χ0) is 19.0. The third-order valence-corrected chi connectivity index (χ3v) is 4.02. The van der Waals surface area contributed by atoms with Crippen molar-refractivity contribution in [2.24, 2.45) is 0 Å². The number of ether oxygens (including phenoxy) is 6. The molecule has 0 aliphatic heterocycles. The van der Waals surface area contributed by atoms with Crippen molar-refractivity contribution in [1.29, 1.82) is 0 Å². The first-order chi connectivity index (χ1) is 12.9. The van der Waals surface area contributed by atoms with Crippen molar-refractivity contribution in [3.8, 4) is 0 Å². The number of rotatable bonds is 23. The van der Waals surface area contributed by atoms with Crippen LogP contribution in [-0.2, 0) is 28.4 Å². The second-order valence-corrected chi connectivity index (χ2v) is 6.55. The zero-order valence-electron chi connectivity index (χ0n) is 15.9. The van der Waals surface area contributed by atoms with Crippen LogP contribution in [0.15, 0.2) is 0 Å². The van der Waals surface area contributed by atoms with Crippen molar-refractivity contribution < 1.29 is 32.8 Å². The highest BCUT2D eigenvalue weighted by atomic mass is 127. The Morgan fingerprint density at radius 1 is 0.423 bits per heavy atom. The van der Waals surface area contributed by atoms with Crippen LogP contribution in [-0.4, -0.2) is 90.4 Å². The van der Waals surface area contributed by atoms with Crippen LogP contribution in [0.1, 0.15) is 25.7 Å². The lowest BCUT2D eigenvalue weighted by Gasteiger charge is -2.08. The fourth-order valence-corrected chi connectivity index (χ4v) is 2.45. The molecule has 0 N–H and O–H groups in total. The van der Waals surface area contributed by atoms with E-state index in [4.69, 9.17) is 28.4 Å². The molecule has 0 fully saturated rings. The Kier molecular flexibility index (Phi) is 25.8. The first-order valence-corrected chi connectivity index (χ1v) is 11.0. The molecule has 0 saturated heterocycles. The van der Waals surface area contributed by atoms with E-state index in [1.165, 1.54) is 23.7 Å². The second kappa shape index (κ2) is 25.4. The van der Waals surface area contributed by atoms with Crippen LogP contribution in [0.5, 0.6) is 0 Å². The van der Waals surface area contributed by atoms with Crippen LogP contribution in [0.2, 0.25) is 0 Å². The Hall–Kier alpha value is 0.420. The monoisotopic (exact) mass is 494 g/mol. The minimum atomic E-state index is -0.457. The molecule has 6 nitrogen and oxygen atoms in total. The van der Waals surface area contributed by atoms with Crippen LogP contribution in [0.4, 0.5) is 4.39 Å². The average molecular weight is 494 g/mol. The molecule has 0 aromatic rings. The molecular weight excluding hydrogens is 458 g/mol. The maximum absolute atomic E-state index is 11.7. The molecule has 0 aliphatic rings. The summed E-state index contributed by atoms with van der Waals surface area (Å²) in [7, 11) is 0. The molecule has 0 aliphatic carbocycles. The van der Waals surface area contributed by atoms with Gasteiger partial charge in [0.25, 0.3) is 0 Å². The lowest BCUT2D eigenvalue weighted by atomic mass is 10.2. The lowest BCUT2D eigenvalue weighted by Crippen LogP contribution is -2.14. The van der Waals surface area contributed by atoms with Crippen LogP contribution in [0.25, 0.3) is 0 Å². The molecule has 0 radical (unpaired) electrons. The van der Waals surface area contributed by atoms with Gasteiger partial charge in [-0.05, 0) is 17.3 Å². The van der Waals surface area contributed by atoms with E-state index >= 15 is 0 Å². The number of hydrogen-bond donors (Lipinski definition) is 0. The van der Waals surface area contributed by atoms with Gasteiger partial charge in [-0.3, -0.25) is 0 Å². The highest BCUT2D eigenvalue weighted by molar-refractivity contribution is 14.1. The van der Waals surface area contributed by atoms with Gasteiger partial charge in [0.2, 0.25) is 0 Å². The summed E-state index contributed by atoms with van der Waals surface area (Å²) in [5.41, 5.74) is 0. The van der Waals surface area contributed by atoms with Gasteiger partial charge < -0.3 is 28.4 Å². The Morgan fingerprint density at radius 2 is 0.769 bits per heavy atom. The molecule has 0 unspecified atom stereocenters. The number of unbranched alkanes of at least 4 members (excludes halogenated alkanes) is 3. The van der Waals surface area contributed by atoms with Crippen LogP contribution < -0.4 is 0 Å². The standard InChI is InChI=1S/C18H36FIO6/c19-5-8-22-10-12-24-14-16-26-18-17-25-15-13-23-11-9-21-7-4-2-1-3-6-20/h1-18H2. The SMILES string of the molecule is FCCOCCOCCOCCOCCOCCOCCCCCCI. The molecule has 0 heterocycles. The largest absolute Gasteiger partial charge is 0.379 e. The normalized spacial score (nSPS) is 11.3. The summed E-state index contributed by atoms with van der Waals surface area (Å²) in [5, 5.41) is 0. The van der Waals surface area contributed by atoms with E-state index < -0.39 is 6.67 Å². The van der Waals surface area contributed by atoms with E-state index in [0.717, 1.165) is 13.0 Å². The zero-order valence-corrected chi connectivity index (χ0v) is 18.1. The van der Waals surface area contributed by atoms with E-state index in [9.17, 15) is 4.39 Å². The van der Waals surface area contributed by atoms with Crippen molar-refractivity contribution in [2.75, 3.05) is 90.4 Å². The summed E-state index contributed by atoms with van der Waals surface area (Å²) in [5.74, 6) is 0. The summed E-state index contributed by atoms with van der Waals surface area (Å²) >= 11 is 2.41. The Labute approximate surface area is 171 Å². The molecule has 0 aromatic carbocycles. The first kappa shape index (κ1) is 26.4. The summed E-state index contributed by atoms with van der Waals surface area (Å²) in [6, 6.07) is 0. The smallest absolute Gasteiger partial charge is 0.113 e. The number of hydrogen-bond acceptors (Lipinski definition) is 6. The summed E-state index contributed by atoms with van der Waals surface area (Å²) in [4.78, 5) is 0.